The normalized spacial score (nSPS) is 14.5. The number of para-hydroxylation sites is 1. The van der Waals surface area contributed by atoms with Gasteiger partial charge in [-0.3, -0.25) is 0 Å². The monoisotopic (exact) mass is 345 g/mol. The van der Waals surface area contributed by atoms with Gasteiger partial charge < -0.3 is 0 Å². The zero-order chi connectivity index (χ0) is 17.2. The first-order chi connectivity index (χ1) is 12.1. The van der Waals surface area contributed by atoms with Crippen LogP contribution >= 0.6 is 11.6 Å². The van der Waals surface area contributed by atoms with E-state index >= 15 is 0 Å². The highest BCUT2D eigenvalue weighted by Gasteiger charge is 2.38. The molecule has 25 heavy (non-hydrogen) atoms. The summed E-state index contributed by atoms with van der Waals surface area (Å²) in [5.41, 5.74) is 6.68. The SMILES string of the molecule is CC1(C)c2ccc(Cl)cc2-c2cnc3c(cnn3-c3ccccc3)c21. The van der Waals surface area contributed by atoms with E-state index in [0.717, 1.165) is 27.3 Å². The molecule has 0 atom stereocenters. The van der Waals surface area contributed by atoms with Crippen LogP contribution in [0.1, 0.15) is 25.0 Å². The van der Waals surface area contributed by atoms with Crippen molar-refractivity contribution in [1.82, 2.24) is 14.8 Å². The molecule has 0 amide bonds. The van der Waals surface area contributed by atoms with E-state index in [1.54, 1.807) is 0 Å². The quantitative estimate of drug-likeness (QED) is 0.463. The second kappa shape index (κ2) is 4.93. The van der Waals surface area contributed by atoms with Crippen molar-refractivity contribution >= 4 is 22.6 Å². The maximum Gasteiger partial charge on any atom is 0.163 e. The van der Waals surface area contributed by atoms with Crippen molar-refractivity contribution in [2.24, 2.45) is 0 Å². The van der Waals surface area contributed by atoms with Crippen LogP contribution in [0, 0.1) is 0 Å². The number of hydrogen-bond acceptors (Lipinski definition) is 2. The minimum Gasteiger partial charge on any atom is -0.236 e. The standard InChI is InChI=1S/C21H16ClN3/c1-21(2)18-9-8-13(22)10-15(18)16-11-23-20-17(19(16)21)12-24-25(20)14-6-4-3-5-7-14/h3-12H,1-2H3. The summed E-state index contributed by atoms with van der Waals surface area (Å²) in [5.74, 6) is 0. The summed E-state index contributed by atoms with van der Waals surface area (Å²) in [6, 6.07) is 16.2. The van der Waals surface area contributed by atoms with Crippen molar-refractivity contribution in [2.75, 3.05) is 0 Å². The molecule has 0 saturated carbocycles. The van der Waals surface area contributed by atoms with E-state index in [9.17, 15) is 0 Å². The minimum atomic E-state index is -0.110. The van der Waals surface area contributed by atoms with Crippen molar-refractivity contribution < 1.29 is 0 Å². The van der Waals surface area contributed by atoms with Gasteiger partial charge in [-0.05, 0) is 41.0 Å². The van der Waals surface area contributed by atoms with Crippen molar-refractivity contribution in [1.29, 1.82) is 0 Å². The van der Waals surface area contributed by atoms with Crippen LogP contribution in [0.15, 0.2) is 60.9 Å². The Morgan fingerprint density at radius 1 is 0.960 bits per heavy atom. The number of rotatable bonds is 1. The molecule has 4 heteroatoms. The summed E-state index contributed by atoms with van der Waals surface area (Å²) in [4.78, 5) is 4.74. The summed E-state index contributed by atoms with van der Waals surface area (Å²) in [6.45, 7) is 4.51. The van der Waals surface area contributed by atoms with Crippen molar-refractivity contribution in [2.45, 2.75) is 19.3 Å². The van der Waals surface area contributed by atoms with Gasteiger partial charge in [-0.1, -0.05) is 49.7 Å². The fourth-order valence-electron chi connectivity index (χ4n) is 4.03. The number of hydrogen-bond donors (Lipinski definition) is 0. The van der Waals surface area contributed by atoms with Crippen molar-refractivity contribution in [3.05, 3.63) is 77.1 Å². The Morgan fingerprint density at radius 2 is 1.76 bits per heavy atom. The maximum absolute atomic E-state index is 6.25. The van der Waals surface area contributed by atoms with Gasteiger partial charge in [0, 0.05) is 27.6 Å². The van der Waals surface area contributed by atoms with E-state index in [1.807, 2.05) is 59.5 Å². The largest absolute Gasteiger partial charge is 0.236 e. The zero-order valence-corrected chi connectivity index (χ0v) is 14.7. The van der Waals surface area contributed by atoms with Gasteiger partial charge in [0.15, 0.2) is 5.65 Å². The molecule has 0 saturated heterocycles. The highest BCUT2D eigenvalue weighted by molar-refractivity contribution is 6.31. The Morgan fingerprint density at radius 3 is 2.56 bits per heavy atom. The average Bonchev–Trinajstić information content (AvgIpc) is 3.13. The maximum atomic E-state index is 6.25. The summed E-state index contributed by atoms with van der Waals surface area (Å²) in [5, 5.41) is 6.47. The molecule has 4 aromatic rings. The molecule has 1 aliphatic carbocycles. The van der Waals surface area contributed by atoms with E-state index in [-0.39, 0.29) is 5.41 Å². The molecule has 0 N–H and O–H groups in total. The molecule has 0 spiro atoms. The fraction of sp³-hybridized carbons (Fsp3) is 0.143. The van der Waals surface area contributed by atoms with Crippen molar-refractivity contribution in [3.63, 3.8) is 0 Å². The van der Waals surface area contributed by atoms with Crippen LogP contribution in [0.3, 0.4) is 0 Å². The van der Waals surface area contributed by atoms with Gasteiger partial charge in [-0.15, -0.1) is 0 Å². The topological polar surface area (TPSA) is 30.7 Å². The van der Waals surface area contributed by atoms with Crippen LogP contribution in [0.5, 0.6) is 0 Å². The molecule has 2 heterocycles. The number of aromatic nitrogens is 3. The number of benzene rings is 2. The van der Waals surface area contributed by atoms with Crippen LogP contribution in [0.2, 0.25) is 5.02 Å². The Bertz CT molecular complexity index is 1130. The molecule has 3 nitrogen and oxygen atoms in total. The van der Waals surface area contributed by atoms with E-state index < -0.39 is 0 Å². The minimum absolute atomic E-state index is 0.110. The summed E-state index contributed by atoms with van der Waals surface area (Å²) >= 11 is 6.25. The lowest BCUT2D eigenvalue weighted by atomic mass is 9.81. The van der Waals surface area contributed by atoms with Gasteiger partial charge in [0.25, 0.3) is 0 Å². The Balaban J connectivity index is 1.83. The van der Waals surface area contributed by atoms with Gasteiger partial charge in [0.05, 0.1) is 11.9 Å². The van der Waals surface area contributed by atoms with E-state index in [2.05, 4.69) is 25.0 Å². The predicted molar refractivity (Wildman–Crippen MR) is 101 cm³/mol. The third-order valence-electron chi connectivity index (χ3n) is 5.17. The molecule has 0 bridgehead atoms. The number of halogens is 1. The van der Waals surface area contributed by atoms with Crippen LogP contribution in [0.25, 0.3) is 27.8 Å². The third kappa shape index (κ3) is 1.93. The number of fused-ring (bicyclic) bond motifs is 5. The molecule has 0 radical (unpaired) electrons. The third-order valence-corrected chi connectivity index (χ3v) is 5.40. The second-order valence-electron chi connectivity index (χ2n) is 6.99. The molecule has 122 valence electrons. The lowest BCUT2D eigenvalue weighted by molar-refractivity contribution is 0.666. The summed E-state index contributed by atoms with van der Waals surface area (Å²) in [6.07, 6.45) is 3.89. The van der Waals surface area contributed by atoms with E-state index in [4.69, 9.17) is 16.6 Å². The number of pyridine rings is 1. The van der Waals surface area contributed by atoms with E-state index in [1.165, 1.54) is 16.7 Å². The van der Waals surface area contributed by atoms with Gasteiger partial charge in [-0.2, -0.15) is 5.10 Å². The van der Waals surface area contributed by atoms with Crippen molar-refractivity contribution in [3.8, 4) is 16.8 Å². The molecular formula is C21H16ClN3. The average molecular weight is 346 g/mol. The summed E-state index contributed by atoms with van der Waals surface area (Å²) < 4.78 is 1.90. The summed E-state index contributed by atoms with van der Waals surface area (Å²) in [7, 11) is 0. The van der Waals surface area contributed by atoms with E-state index in [0.29, 0.717) is 0 Å². The highest BCUT2D eigenvalue weighted by Crippen LogP contribution is 2.51. The van der Waals surface area contributed by atoms with Crippen LogP contribution in [-0.4, -0.2) is 14.8 Å². The Labute approximate surface area is 150 Å². The molecular weight excluding hydrogens is 330 g/mol. The van der Waals surface area contributed by atoms with Gasteiger partial charge in [0.1, 0.15) is 0 Å². The molecule has 0 aliphatic heterocycles. The fourth-order valence-corrected chi connectivity index (χ4v) is 4.20. The number of nitrogens with zero attached hydrogens (tertiary/aromatic N) is 3. The molecule has 2 aromatic carbocycles. The van der Waals surface area contributed by atoms with Crippen LogP contribution in [-0.2, 0) is 5.41 Å². The molecule has 0 unspecified atom stereocenters. The Hall–Kier alpha value is -2.65. The first-order valence-electron chi connectivity index (χ1n) is 8.30. The molecule has 5 rings (SSSR count). The lowest BCUT2D eigenvalue weighted by Crippen LogP contribution is -2.15. The Kier molecular flexibility index (Phi) is 2.89. The predicted octanol–water partition coefficient (Wildman–Crippen LogP) is 5.38. The molecule has 1 aliphatic rings. The van der Waals surface area contributed by atoms with Gasteiger partial charge in [0.2, 0.25) is 0 Å². The smallest absolute Gasteiger partial charge is 0.163 e. The molecule has 0 fully saturated rings. The van der Waals surface area contributed by atoms with Gasteiger partial charge in [-0.25, -0.2) is 9.67 Å². The van der Waals surface area contributed by atoms with Crippen LogP contribution < -0.4 is 0 Å². The first-order valence-corrected chi connectivity index (χ1v) is 8.68. The zero-order valence-electron chi connectivity index (χ0n) is 14.0. The van der Waals surface area contributed by atoms with Crippen LogP contribution in [0.4, 0.5) is 0 Å². The van der Waals surface area contributed by atoms with Gasteiger partial charge >= 0.3 is 0 Å². The second-order valence-corrected chi connectivity index (χ2v) is 7.43. The lowest BCUT2D eigenvalue weighted by Gasteiger charge is -2.22. The first kappa shape index (κ1) is 14.7. The highest BCUT2D eigenvalue weighted by atomic mass is 35.5. The molecule has 2 aromatic heterocycles.